The van der Waals surface area contributed by atoms with Gasteiger partial charge in [0.05, 0.1) is 5.57 Å². The topological polar surface area (TPSA) is 76.1 Å². The monoisotopic (exact) mass is 246 g/mol. The molecule has 2 N–H and O–H groups in total. The predicted molar refractivity (Wildman–Crippen MR) is 66.7 cm³/mol. The number of carbonyl (C=O) groups excluding carboxylic acids is 1. The maximum atomic E-state index is 12.1. The minimum Gasteiger partial charge on any atom is -0.444 e. The molecule has 2 rings (SSSR count). The summed E-state index contributed by atoms with van der Waals surface area (Å²) >= 11 is 0. The van der Waals surface area contributed by atoms with E-state index in [1.807, 2.05) is 6.92 Å². The number of nitriles is 1. The number of carbonyl (C=O) groups is 1. The molecule has 0 unspecified atom stereocenters. The van der Waals surface area contributed by atoms with E-state index in [9.17, 15) is 10.1 Å². The van der Waals surface area contributed by atoms with Gasteiger partial charge in [0.25, 0.3) is 0 Å². The van der Waals surface area contributed by atoms with Crippen molar-refractivity contribution in [2.24, 2.45) is 17.6 Å². The van der Waals surface area contributed by atoms with Crippen LogP contribution in [0.3, 0.4) is 0 Å². The van der Waals surface area contributed by atoms with Gasteiger partial charge < -0.3 is 10.5 Å². The molecule has 0 saturated heterocycles. The van der Waals surface area contributed by atoms with Crippen molar-refractivity contribution in [3.05, 3.63) is 22.8 Å². The third kappa shape index (κ3) is 1.90. The number of allylic oxidation sites excluding steroid dienone is 3. The van der Waals surface area contributed by atoms with Gasteiger partial charge in [0.1, 0.15) is 11.8 Å². The minimum absolute atomic E-state index is 0.113. The first-order valence-corrected chi connectivity index (χ1v) is 6.44. The number of hydrogen-bond acceptors (Lipinski definition) is 4. The van der Waals surface area contributed by atoms with Crippen LogP contribution in [0.1, 0.15) is 39.5 Å². The number of nitrogens with two attached hydrogens (primary N) is 1. The molecule has 0 bridgehead atoms. The van der Waals surface area contributed by atoms with Crippen LogP contribution in [0.4, 0.5) is 0 Å². The van der Waals surface area contributed by atoms with Gasteiger partial charge in [0, 0.05) is 24.3 Å². The zero-order valence-corrected chi connectivity index (χ0v) is 10.8. The quantitative estimate of drug-likeness (QED) is 0.811. The number of Topliss-reactive ketones (excluding diaryl/α,β-unsaturated/α-hetero) is 1. The van der Waals surface area contributed by atoms with Crippen LogP contribution in [0.25, 0.3) is 0 Å². The summed E-state index contributed by atoms with van der Waals surface area (Å²) in [5.74, 6) is 1.01. The van der Waals surface area contributed by atoms with Gasteiger partial charge in [-0.15, -0.1) is 0 Å². The molecule has 0 aromatic rings. The number of ether oxygens (including phenoxy) is 1. The average Bonchev–Trinajstić information content (AvgIpc) is 2.36. The highest BCUT2D eigenvalue weighted by Crippen LogP contribution is 2.41. The van der Waals surface area contributed by atoms with E-state index in [-0.39, 0.29) is 23.5 Å². The maximum absolute atomic E-state index is 12.1. The van der Waals surface area contributed by atoms with E-state index >= 15 is 0 Å². The van der Waals surface area contributed by atoms with Gasteiger partial charge in [-0.1, -0.05) is 20.3 Å². The Kier molecular flexibility index (Phi) is 3.42. The standard InChI is InChI=1S/C14H18N2O2/c1-3-8(2)12-9(7-15)14(16)18-11-6-4-5-10(17)13(11)12/h8,12H,3-6,16H2,1-2H3/t8-,12+/m0/s1. The first-order chi connectivity index (χ1) is 8.60. The fourth-order valence-electron chi connectivity index (χ4n) is 2.70. The van der Waals surface area contributed by atoms with E-state index in [1.165, 1.54) is 0 Å². The van der Waals surface area contributed by atoms with Crippen molar-refractivity contribution in [2.75, 3.05) is 0 Å². The largest absolute Gasteiger partial charge is 0.444 e. The fraction of sp³-hybridized carbons (Fsp3) is 0.571. The lowest BCUT2D eigenvalue weighted by molar-refractivity contribution is -0.117. The molecule has 2 atom stereocenters. The van der Waals surface area contributed by atoms with Crippen LogP contribution in [-0.2, 0) is 9.53 Å². The molecule has 4 nitrogen and oxygen atoms in total. The Morgan fingerprint density at radius 2 is 2.28 bits per heavy atom. The molecule has 0 aromatic heterocycles. The highest BCUT2D eigenvalue weighted by atomic mass is 16.5. The van der Waals surface area contributed by atoms with Crippen molar-refractivity contribution in [1.29, 1.82) is 5.26 Å². The minimum atomic E-state index is -0.184. The highest BCUT2D eigenvalue weighted by Gasteiger charge is 2.39. The van der Waals surface area contributed by atoms with Crippen molar-refractivity contribution >= 4 is 5.78 Å². The summed E-state index contributed by atoms with van der Waals surface area (Å²) < 4.78 is 5.48. The van der Waals surface area contributed by atoms with Gasteiger partial charge in [-0.25, -0.2) is 0 Å². The third-order valence-corrected chi connectivity index (χ3v) is 3.86. The van der Waals surface area contributed by atoms with Gasteiger partial charge >= 0.3 is 0 Å². The van der Waals surface area contributed by atoms with Gasteiger partial charge in [0.15, 0.2) is 5.78 Å². The summed E-state index contributed by atoms with van der Waals surface area (Å²) in [5, 5.41) is 9.25. The van der Waals surface area contributed by atoms with Crippen LogP contribution in [0, 0.1) is 23.2 Å². The first kappa shape index (κ1) is 12.7. The number of ketones is 1. The van der Waals surface area contributed by atoms with Gasteiger partial charge in [-0.2, -0.15) is 5.26 Å². The normalized spacial score (nSPS) is 25.4. The fourth-order valence-corrected chi connectivity index (χ4v) is 2.70. The van der Waals surface area contributed by atoms with Crippen LogP contribution in [0.2, 0.25) is 0 Å². The van der Waals surface area contributed by atoms with E-state index < -0.39 is 0 Å². The Bertz CT molecular complexity index is 483. The second-order valence-corrected chi connectivity index (χ2v) is 4.97. The van der Waals surface area contributed by atoms with Crippen molar-refractivity contribution in [1.82, 2.24) is 0 Å². The molecule has 18 heavy (non-hydrogen) atoms. The van der Waals surface area contributed by atoms with Crippen molar-refractivity contribution in [3.8, 4) is 6.07 Å². The predicted octanol–water partition coefficient (Wildman–Crippen LogP) is 2.38. The van der Waals surface area contributed by atoms with E-state index in [0.717, 1.165) is 19.3 Å². The molecule has 0 aromatic carbocycles. The van der Waals surface area contributed by atoms with E-state index in [1.54, 1.807) is 0 Å². The Hall–Kier alpha value is -1.76. The lowest BCUT2D eigenvalue weighted by Gasteiger charge is -2.33. The molecule has 1 aliphatic carbocycles. The number of nitrogens with zero attached hydrogens (tertiary/aromatic N) is 1. The summed E-state index contributed by atoms with van der Waals surface area (Å²) in [6.07, 6.45) is 2.99. The van der Waals surface area contributed by atoms with Crippen LogP contribution in [0.5, 0.6) is 0 Å². The summed E-state index contributed by atoms with van der Waals surface area (Å²) in [5.41, 5.74) is 6.93. The lowest BCUT2D eigenvalue weighted by atomic mass is 9.74. The van der Waals surface area contributed by atoms with Crippen LogP contribution < -0.4 is 5.73 Å². The molecule has 0 spiro atoms. The zero-order valence-electron chi connectivity index (χ0n) is 10.8. The second kappa shape index (κ2) is 4.85. The van der Waals surface area contributed by atoms with E-state index in [2.05, 4.69) is 13.0 Å². The van der Waals surface area contributed by atoms with Crippen LogP contribution in [0.15, 0.2) is 22.8 Å². The molecule has 0 saturated carbocycles. The Balaban J connectivity index is 2.51. The second-order valence-electron chi connectivity index (χ2n) is 4.97. The van der Waals surface area contributed by atoms with Crippen molar-refractivity contribution in [3.63, 3.8) is 0 Å². The summed E-state index contributed by atoms with van der Waals surface area (Å²) in [6.45, 7) is 4.10. The van der Waals surface area contributed by atoms with Crippen LogP contribution in [-0.4, -0.2) is 5.78 Å². The van der Waals surface area contributed by atoms with Crippen LogP contribution >= 0.6 is 0 Å². The molecule has 1 aliphatic heterocycles. The number of hydrogen-bond donors (Lipinski definition) is 1. The zero-order chi connectivity index (χ0) is 13.3. The SMILES string of the molecule is CC[C@H](C)[C@@H]1C(C#N)=C(N)OC2=C1C(=O)CCC2. The number of rotatable bonds is 2. The molecule has 0 fully saturated rings. The van der Waals surface area contributed by atoms with E-state index in [4.69, 9.17) is 10.5 Å². The molecule has 96 valence electrons. The third-order valence-electron chi connectivity index (χ3n) is 3.86. The summed E-state index contributed by atoms with van der Waals surface area (Å²) in [6, 6.07) is 2.12. The van der Waals surface area contributed by atoms with Gasteiger partial charge in [0.2, 0.25) is 5.88 Å². The maximum Gasteiger partial charge on any atom is 0.204 e. The molecular formula is C14H18N2O2. The van der Waals surface area contributed by atoms with Gasteiger partial charge in [-0.3, -0.25) is 4.79 Å². The Morgan fingerprint density at radius 3 is 2.89 bits per heavy atom. The highest BCUT2D eigenvalue weighted by molar-refractivity contribution is 5.98. The first-order valence-electron chi connectivity index (χ1n) is 6.44. The van der Waals surface area contributed by atoms with E-state index in [0.29, 0.717) is 23.3 Å². The molecular weight excluding hydrogens is 228 g/mol. The average molecular weight is 246 g/mol. The Morgan fingerprint density at radius 1 is 1.56 bits per heavy atom. The lowest BCUT2D eigenvalue weighted by Crippen LogP contribution is -2.31. The summed E-state index contributed by atoms with van der Waals surface area (Å²) in [4.78, 5) is 12.1. The van der Waals surface area contributed by atoms with Gasteiger partial charge in [-0.05, 0) is 12.3 Å². The van der Waals surface area contributed by atoms with Crippen molar-refractivity contribution in [2.45, 2.75) is 39.5 Å². The molecule has 0 amide bonds. The molecule has 4 heteroatoms. The Labute approximate surface area is 107 Å². The summed E-state index contributed by atoms with van der Waals surface area (Å²) in [7, 11) is 0. The van der Waals surface area contributed by atoms with Crippen molar-refractivity contribution < 1.29 is 9.53 Å². The molecule has 0 radical (unpaired) electrons. The molecule has 1 heterocycles. The smallest absolute Gasteiger partial charge is 0.204 e. The molecule has 2 aliphatic rings.